The van der Waals surface area contributed by atoms with Crippen LogP contribution in [0.15, 0.2) is 41.7 Å². The summed E-state index contributed by atoms with van der Waals surface area (Å²) < 4.78 is 0. The normalized spacial score (nSPS) is 14.0. The molecule has 0 amide bonds. The van der Waals surface area contributed by atoms with E-state index in [1.165, 1.54) is 11.1 Å². The largest absolute Gasteiger partial charge is 0.326 e. The fourth-order valence-electron chi connectivity index (χ4n) is 1.97. The number of aryl methyl sites for hydroxylation is 2. The van der Waals surface area contributed by atoms with Crippen LogP contribution in [0.3, 0.4) is 0 Å². The van der Waals surface area contributed by atoms with Crippen molar-refractivity contribution in [2.24, 2.45) is 5.73 Å². The van der Waals surface area contributed by atoms with Gasteiger partial charge < -0.3 is 5.73 Å². The highest BCUT2D eigenvalue weighted by atomic mass is 32.2. The van der Waals surface area contributed by atoms with Crippen molar-refractivity contribution in [3.63, 3.8) is 0 Å². The van der Waals surface area contributed by atoms with Gasteiger partial charge in [-0.3, -0.25) is 0 Å². The van der Waals surface area contributed by atoms with Crippen LogP contribution in [0.4, 0.5) is 0 Å². The Morgan fingerprint density at radius 3 is 2.45 bits per heavy atom. The second kappa shape index (κ2) is 6.86. The SMILES string of the molecule is CCC(N)C(Sc1nccc(C)n1)c1ccc(C)cc1. The zero-order valence-electron chi connectivity index (χ0n) is 12.2. The van der Waals surface area contributed by atoms with Crippen LogP contribution in [0.2, 0.25) is 0 Å². The molecule has 1 heterocycles. The molecular weight excluding hydrogens is 266 g/mol. The number of hydrogen-bond acceptors (Lipinski definition) is 4. The highest BCUT2D eigenvalue weighted by molar-refractivity contribution is 7.99. The van der Waals surface area contributed by atoms with E-state index in [-0.39, 0.29) is 11.3 Å². The van der Waals surface area contributed by atoms with Gasteiger partial charge in [0.2, 0.25) is 0 Å². The molecule has 2 N–H and O–H groups in total. The van der Waals surface area contributed by atoms with Crippen molar-refractivity contribution >= 4 is 11.8 Å². The predicted octanol–water partition coefficient (Wildman–Crippen LogP) is 3.66. The molecule has 2 unspecified atom stereocenters. The molecule has 2 atom stereocenters. The monoisotopic (exact) mass is 287 g/mol. The molecule has 1 aromatic carbocycles. The predicted molar refractivity (Wildman–Crippen MR) is 84.8 cm³/mol. The second-order valence-electron chi connectivity index (χ2n) is 5.00. The molecule has 0 radical (unpaired) electrons. The third-order valence-electron chi connectivity index (χ3n) is 3.27. The average Bonchev–Trinajstić information content (AvgIpc) is 2.45. The zero-order valence-corrected chi connectivity index (χ0v) is 13.0. The Labute approximate surface area is 125 Å². The average molecular weight is 287 g/mol. The lowest BCUT2D eigenvalue weighted by molar-refractivity contribution is 0.632. The van der Waals surface area contributed by atoms with Crippen molar-refractivity contribution in [1.29, 1.82) is 0 Å². The maximum Gasteiger partial charge on any atom is 0.188 e. The fraction of sp³-hybridized carbons (Fsp3) is 0.375. The first-order valence-electron chi connectivity index (χ1n) is 6.88. The van der Waals surface area contributed by atoms with E-state index in [2.05, 4.69) is 48.1 Å². The van der Waals surface area contributed by atoms with Gasteiger partial charge in [-0.1, -0.05) is 48.5 Å². The molecule has 1 aromatic heterocycles. The van der Waals surface area contributed by atoms with Crippen LogP contribution < -0.4 is 5.73 Å². The van der Waals surface area contributed by atoms with Crippen LogP contribution in [0.1, 0.15) is 35.4 Å². The maximum atomic E-state index is 6.30. The van der Waals surface area contributed by atoms with E-state index in [1.54, 1.807) is 18.0 Å². The van der Waals surface area contributed by atoms with Crippen LogP contribution in [0.5, 0.6) is 0 Å². The minimum Gasteiger partial charge on any atom is -0.326 e. The van der Waals surface area contributed by atoms with Crippen LogP contribution in [0.25, 0.3) is 0 Å². The maximum absolute atomic E-state index is 6.30. The summed E-state index contributed by atoms with van der Waals surface area (Å²) >= 11 is 1.65. The van der Waals surface area contributed by atoms with Gasteiger partial charge in [-0.25, -0.2) is 9.97 Å². The molecule has 0 bridgehead atoms. The first-order chi connectivity index (χ1) is 9.60. The van der Waals surface area contributed by atoms with Gasteiger partial charge in [0.05, 0.1) is 5.25 Å². The number of nitrogens with zero attached hydrogens (tertiary/aromatic N) is 2. The molecule has 3 nitrogen and oxygen atoms in total. The number of rotatable bonds is 5. The molecule has 0 fully saturated rings. The lowest BCUT2D eigenvalue weighted by Gasteiger charge is -2.22. The smallest absolute Gasteiger partial charge is 0.188 e. The van der Waals surface area contributed by atoms with Crippen LogP contribution in [-0.2, 0) is 0 Å². The van der Waals surface area contributed by atoms with Crippen LogP contribution >= 0.6 is 11.8 Å². The fourth-order valence-corrected chi connectivity index (χ4v) is 3.18. The van der Waals surface area contributed by atoms with E-state index < -0.39 is 0 Å². The van der Waals surface area contributed by atoms with Crippen LogP contribution in [-0.4, -0.2) is 16.0 Å². The summed E-state index contributed by atoms with van der Waals surface area (Å²) in [5.41, 5.74) is 9.77. The number of nitrogens with two attached hydrogens (primary N) is 1. The number of thioether (sulfide) groups is 1. The Morgan fingerprint density at radius 1 is 1.15 bits per heavy atom. The first kappa shape index (κ1) is 15.0. The van der Waals surface area contributed by atoms with Crippen molar-refractivity contribution in [2.45, 2.75) is 43.6 Å². The summed E-state index contributed by atoms with van der Waals surface area (Å²) in [4.78, 5) is 8.80. The first-order valence-corrected chi connectivity index (χ1v) is 7.76. The Morgan fingerprint density at radius 2 is 1.85 bits per heavy atom. The summed E-state index contributed by atoms with van der Waals surface area (Å²) in [5.74, 6) is 0. The van der Waals surface area contributed by atoms with Gasteiger partial charge in [-0.05, 0) is 31.9 Å². The molecule has 0 saturated heterocycles. The number of benzene rings is 1. The molecule has 0 aliphatic carbocycles. The van der Waals surface area contributed by atoms with Gasteiger partial charge in [-0.15, -0.1) is 0 Å². The topological polar surface area (TPSA) is 51.8 Å². The summed E-state index contributed by atoms with van der Waals surface area (Å²) in [6.07, 6.45) is 2.73. The lowest BCUT2D eigenvalue weighted by Crippen LogP contribution is -2.25. The summed E-state index contributed by atoms with van der Waals surface area (Å²) in [7, 11) is 0. The minimum atomic E-state index is 0.0896. The summed E-state index contributed by atoms with van der Waals surface area (Å²) in [6.45, 7) is 6.19. The van der Waals surface area contributed by atoms with Crippen LogP contribution in [0, 0.1) is 13.8 Å². The molecule has 2 aromatic rings. The van der Waals surface area contributed by atoms with Crippen molar-refractivity contribution in [3.05, 3.63) is 53.3 Å². The minimum absolute atomic E-state index is 0.0896. The van der Waals surface area contributed by atoms with Gasteiger partial charge in [0, 0.05) is 17.9 Å². The molecule has 0 spiro atoms. The van der Waals surface area contributed by atoms with E-state index in [0.717, 1.165) is 17.3 Å². The molecular formula is C16H21N3S. The Balaban J connectivity index is 2.26. The van der Waals surface area contributed by atoms with E-state index in [0.29, 0.717) is 0 Å². The Bertz CT molecular complexity index is 554. The van der Waals surface area contributed by atoms with E-state index in [4.69, 9.17) is 5.73 Å². The van der Waals surface area contributed by atoms with Crippen molar-refractivity contribution in [1.82, 2.24) is 9.97 Å². The second-order valence-corrected chi connectivity index (χ2v) is 6.11. The molecule has 2 rings (SSSR count). The molecule has 0 aliphatic heterocycles. The Kier molecular flexibility index (Phi) is 5.15. The van der Waals surface area contributed by atoms with E-state index in [1.807, 2.05) is 13.0 Å². The summed E-state index contributed by atoms with van der Waals surface area (Å²) in [6, 6.07) is 10.6. The van der Waals surface area contributed by atoms with Gasteiger partial charge >= 0.3 is 0 Å². The van der Waals surface area contributed by atoms with Gasteiger partial charge in [0.25, 0.3) is 0 Å². The van der Waals surface area contributed by atoms with Gasteiger partial charge in [-0.2, -0.15) is 0 Å². The summed E-state index contributed by atoms with van der Waals surface area (Å²) in [5, 5.41) is 0.974. The molecule has 4 heteroatoms. The third kappa shape index (κ3) is 3.81. The van der Waals surface area contributed by atoms with E-state index >= 15 is 0 Å². The Hall–Kier alpha value is -1.39. The lowest BCUT2D eigenvalue weighted by atomic mass is 10.0. The number of aromatic nitrogens is 2. The quantitative estimate of drug-likeness (QED) is 0.673. The standard InChI is InChI=1S/C16H21N3S/c1-4-14(17)15(13-7-5-11(2)6-8-13)20-16-18-10-9-12(3)19-16/h5-10,14-15H,4,17H2,1-3H3. The van der Waals surface area contributed by atoms with Gasteiger partial charge in [0.15, 0.2) is 5.16 Å². The van der Waals surface area contributed by atoms with E-state index in [9.17, 15) is 0 Å². The number of hydrogen-bond donors (Lipinski definition) is 1. The molecule has 0 saturated carbocycles. The van der Waals surface area contributed by atoms with Crippen molar-refractivity contribution in [2.75, 3.05) is 0 Å². The third-order valence-corrected chi connectivity index (χ3v) is 4.55. The molecule has 0 aliphatic rings. The van der Waals surface area contributed by atoms with Crippen molar-refractivity contribution < 1.29 is 0 Å². The van der Waals surface area contributed by atoms with Gasteiger partial charge in [0.1, 0.15) is 0 Å². The highest BCUT2D eigenvalue weighted by Gasteiger charge is 2.21. The van der Waals surface area contributed by atoms with Crippen molar-refractivity contribution in [3.8, 4) is 0 Å². The highest BCUT2D eigenvalue weighted by Crippen LogP contribution is 2.36. The molecule has 106 valence electrons. The zero-order chi connectivity index (χ0) is 14.5. The molecule has 20 heavy (non-hydrogen) atoms.